The summed E-state index contributed by atoms with van der Waals surface area (Å²) in [5.41, 5.74) is -0.0922. The van der Waals surface area contributed by atoms with Gasteiger partial charge >= 0.3 is 5.69 Å². The Morgan fingerprint density at radius 1 is 1.35 bits per heavy atom. The summed E-state index contributed by atoms with van der Waals surface area (Å²) in [6, 6.07) is 0.618. The molecule has 0 saturated carbocycles. The number of hydrogen-bond donors (Lipinski definition) is 2. The maximum absolute atomic E-state index is 11.6. The lowest BCUT2D eigenvalue weighted by Gasteiger charge is -2.15. The van der Waals surface area contributed by atoms with Crippen molar-refractivity contribution in [1.82, 2.24) is 20.1 Å². The molecule has 0 saturated heterocycles. The number of hydrogen-bond acceptors (Lipinski definition) is 4. The molecule has 1 atom stereocenters. The number of H-pyrrole nitrogens is 1. The summed E-state index contributed by atoms with van der Waals surface area (Å²) in [4.78, 5) is 11.6. The first-order valence-electron chi connectivity index (χ1n) is 7.74. The first kappa shape index (κ1) is 17.3. The smallest absolute Gasteiger partial charge is 0.314 e. The predicted octanol–water partition coefficient (Wildman–Crippen LogP) is 2.63. The second-order valence-corrected chi connectivity index (χ2v) is 6.08. The van der Waals surface area contributed by atoms with E-state index in [-0.39, 0.29) is 5.69 Å². The molecular formula is C14H28N4OS. The molecular weight excluding hydrogens is 272 g/mol. The van der Waals surface area contributed by atoms with E-state index in [4.69, 9.17) is 0 Å². The Balaban J connectivity index is 2.31. The molecule has 2 N–H and O–H groups in total. The third kappa shape index (κ3) is 5.71. The van der Waals surface area contributed by atoms with Gasteiger partial charge in [-0.05, 0) is 38.6 Å². The molecule has 0 spiro atoms. The highest BCUT2D eigenvalue weighted by Crippen LogP contribution is 2.16. The topological polar surface area (TPSA) is 62.7 Å². The van der Waals surface area contributed by atoms with Crippen molar-refractivity contribution < 1.29 is 0 Å². The quantitative estimate of drug-likeness (QED) is 0.487. The number of rotatable bonds is 11. The Hall–Kier alpha value is -0.750. The van der Waals surface area contributed by atoms with Gasteiger partial charge in [-0.25, -0.2) is 9.89 Å². The summed E-state index contributed by atoms with van der Waals surface area (Å²) in [6.45, 7) is 8.33. The van der Waals surface area contributed by atoms with Crippen LogP contribution in [-0.4, -0.2) is 33.1 Å². The van der Waals surface area contributed by atoms with Gasteiger partial charge in [0.1, 0.15) is 0 Å². The highest BCUT2D eigenvalue weighted by molar-refractivity contribution is 7.99. The standard InChI is InChI=1S/C14H28N4OS/c1-4-9-15-12(6-3)8-7-11-20-14-17-16-13(19)18(14)10-5-2/h12,15H,4-11H2,1-3H3,(H,16,19). The first-order valence-corrected chi connectivity index (χ1v) is 8.72. The Bertz CT molecular complexity index is 416. The van der Waals surface area contributed by atoms with Gasteiger partial charge in [0.15, 0.2) is 5.16 Å². The number of nitrogens with zero attached hydrogens (tertiary/aromatic N) is 2. The second kappa shape index (κ2) is 10.0. The zero-order valence-electron chi connectivity index (χ0n) is 12.9. The van der Waals surface area contributed by atoms with Crippen LogP contribution in [0.25, 0.3) is 0 Å². The van der Waals surface area contributed by atoms with E-state index in [1.165, 1.54) is 19.3 Å². The van der Waals surface area contributed by atoms with Crippen LogP contribution in [0.3, 0.4) is 0 Å². The maximum Gasteiger partial charge on any atom is 0.343 e. The summed E-state index contributed by atoms with van der Waals surface area (Å²) >= 11 is 1.68. The van der Waals surface area contributed by atoms with Crippen LogP contribution in [0, 0.1) is 0 Å². The fraction of sp³-hybridized carbons (Fsp3) is 0.857. The van der Waals surface area contributed by atoms with Crippen molar-refractivity contribution in [2.75, 3.05) is 12.3 Å². The van der Waals surface area contributed by atoms with Crippen LogP contribution < -0.4 is 11.0 Å². The van der Waals surface area contributed by atoms with Crippen LogP contribution in [0.15, 0.2) is 9.95 Å². The fourth-order valence-electron chi connectivity index (χ4n) is 2.13. The van der Waals surface area contributed by atoms with Crippen molar-refractivity contribution >= 4 is 11.8 Å². The monoisotopic (exact) mass is 300 g/mol. The average molecular weight is 300 g/mol. The lowest BCUT2D eigenvalue weighted by atomic mass is 10.1. The SMILES string of the molecule is CCCNC(CC)CCCSc1n[nH]c(=O)n1CCC. The molecule has 116 valence electrons. The molecule has 5 nitrogen and oxygen atoms in total. The molecule has 0 bridgehead atoms. The van der Waals surface area contributed by atoms with E-state index >= 15 is 0 Å². The van der Waals surface area contributed by atoms with E-state index in [0.717, 1.165) is 36.8 Å². The van der Waals surface area contributed by atoms with E-state index in [2.05, 4.69) is 36.3 Å². The fourth-order valence-corrected chi connectivity index (χ4v) is 3.06. The molecule has 1 aromatic rings. The van der Waals surface area contributed by atoms with Crippen molar-refractivity contribution in [2.45, 2.75) is 70.6 Å². The summed E-state index contributed by atoms with van der Waals surface area (Å²) in [5, 5.41) is 11.0. The number of nitrogens with one attached hydrogen (secondary N) is 2. The van der Waals surface area contributed by atoms with Crippen LogP contribution in [0.2, 0.25) is 0 Å². The normalized spacial score (nSPS) is 12.8. The molecule has 1 unspecified atom stereocenters. The van der Waals surface area contributed by atoms with E-state index in [9.17, 15) is 4.79 Å². The molecule has 0 radical (unpaired) electrons. The summed E-state index contributed by atoms with van der Waals surface area (Å²) in [5.74, 6) is 1.01. The Labute approximate surface area is 125 Å². The van der Waals surface area contributed by atoms with Gasteiger partial charge in [0.25, 0.3) is 0 Å². The van der Waals surface area contributed by atoms with Crippen LogP contribution >= 0.6 is 11.8 Å². The summed E-state index contributed by atoms with van der Waals surface area (Å²) < 4.78 is 1.73. The molecule has 0 aliphatic heterocycles. The van der Waals surface area contributed by atoms with Crippen molar-refractivity contribution in [3.63, 3.8) is 0 Å². The largest absolute Gasteiger partial charge is 0.343 e. The minimum absolute atomic E-state index is 0.0922. The predicted molar refractivity (Wildman–Crippen MR) is 85.5 cm³/mol. The van der Waals surface area contributed by atoms with Gasteiger partial charge in [0.05, 0.1) is 0 Å². The molecule has 20 heavy (non-hydrogen) atoms. The lowest BCUT2D eigenvalue weighted by molar-refractivity contribution is 0.465. The molecule has 1 heterocycles. The summed E-state index contributed by atoms with van der Waals surface area (Å²) in [7, 11) is 0. The van der Waals surface area contributed by atoms with Gasteiger partial charge in [-0.1, -0.05) is 32.5 Å². The van der Waals surface area contributed by atoms with Crippen molar-refractivity contribution in [3.8, 4) is 0 Å². The van der Waals surface area contributed by atoms with Crippen LogP contribution in [0.4, 0.5) is 0 Å². The first-order chi connectivity index (χ1) is 9.72. The highest BCUT2D eigenvalue weighted by Gasteiger charge is 2.09. The third-order valence-corrected chi connectivity index (χ3v) is 4.34. The molecule has 0 aliphatic rings. The average Bonchev–Trinajstić information content (AvgIpc) is 2.80. The molecule has 1 aromatic heterocycles. The Kier molecular flexibility index (Phi) is 8.69. The van der Waals surface area contributed by atoms with E-state index in [1.54, 1.807) is 16.3 Å². The molecule has 6 heteroatoms. The third-order valence-electron chi connectivity index (χ3n) is 3.27. The van der Waals surface area contributed by atoms with Crippen molar-refractivity contribution in [2.24, 2.45) is 0 Å². The van der Waals surface area contributed by atoms with Gasteiger partial charge in [-0.15, -0.1) is 5.10 Å². The van der Waals surface area contributed by atoms with E-state index in [1.807, 2.05) is 0 Å². The van der Waals surface area contributed by atoms with Gasteiger partial charge in [-0.3, -0.25) is 4.57 Å². The number of thioether (sulfide) groups is 1. The second-order valence-electron chi connectivity index (χ2n) is 5.01. The molecule has 1 rings (SSSR count). The highest BCUT2D eigenvalue weighted by atomic mass is 32.2. The minimum Gasteiger partial charge on any atom is -0.314 e. The van der Waals surface area contributed by atoms with E-state index in [0.29, 0.717) is 6.04 Å². The maximum atomic E-state index is 11.6. The van der Waals surface area contributed by atoms with Crippen LogP contribution in [0.1, 0.15) is 52.9 Å². The molecule has 0 aromatic carbocycles. The lowest BCUT2D eigenvalue weighted by Crippen LogP contribution is -2.29. The minimum atomic E-state index is -0.0922. The van der Waals surface area contributed by atoms with Gasteiger partial charge in [0.2, 0.25) is 0 Å². The number of aromatic nitrogens is 3. The van der Waals surface area contributed by atoms with Gasteiger partial charge in [0, 0.05) is 18.3 Å². The molecule has 0 aliphatic carbocycles. The van der Waals surface area contributed by atoms with Crippen LogP contribution in [-0.2, 0) is 6.54 Å². The van der Waals surface area contributed by atoms with Crippen LogP contribution in [0.5, 0.6) is 0 Å². The zero-order chi connectivity index (χ0) is 14.8. The Morgan fingerprint density at radius 3 is 2.80 bits per heavy atom. The zero-order valence-corrected chi connectivity index (χ0v) is 13.8. The van der Waals surface area contributed by atoms with Crippen molar-refractivity contribution in [3.05, 3.63) is 10.5 Å². The number of aromatic amines is 1. The Morgan fingerprint density at radius 2 is 2.15 bits per heavy atom. The summed E-state index contributed by atoms with van der Waals surface area (Å²) in [6.07, 6.45) is 5.64. The van der Waals surface area contributed by atoms with Crippen molar-refractivity contribution in [1.29, 1.82) is 0 Å². The molecule has 0 amide bonds. The molecule has 0 fully saturated rings. The van der Waals surface area contributed by atoms with Gasteiger partial charge < -0.3 is 5.32 Å². The van der Waals surface area contributed by atoms with Gasteiger partial charge in [-0.2, -0.15) is 0 Å². The van der Waals surface area contributed by atoms with E-state index < -0.39 is 0 Å².